The molecule has 0 aliphatic heterocycles. The first-order valence-electron chi connectivity index (χ1n) is 7.13. The fourth-order valence-corrected chi connectivity index (χ4v) is 2.62. The number of aryl methyl sites for hydroxylation is 1. The van der Waals surface area contributed by atoms with Gasteiger partial charge in [0.1, 0.15) is 6.54 Å². The second kappa shape index (κ2) is 6.23. The van der Waals surface area contributed by atoms with Crippen molar-refractivity contribution in [1.82, 2.24) is 20.1 Å². The van der Waals surface area contributed by atoms with Gasteiger partial charge in [-0.2, -0.15) is 5.10 Å². The Morgan fingerprint density at radius 2 is 2.32 bits per heavy atom. The molecule has 0 saturated carbocycles. The van der Waals surface area contributed by atoms with E-state index >= 15 is 0 Å². The fourth-order valence-electron chi connectivity index (χ4n) is 2.45. The van der Waals surface area contributed by atoms with Crippen LogP contribution in [0.4, 0.5) is 0 Å². The topological polar surface area (TPSA) is 62.7 Å². The second-order valence-electron chi connectivity index (χ2n) is 5.32. The molecule has 0 aliphatic carbocycles. The molecule has 114 valence electrons. The van der Waals surface area contributed by atoms with Crippen molar-refractivity contribution >= 4 is 28.4 Å². The summed E-state index contributed by atoms with van der Waals surface area (Å²) in [7, 11) is 0. The van der Waals surface area contributed by atoms with Crippen LogP contribution in [0.5, 0.6) is 0 Å². The van der Waals surface area contributed by atoms with Crippen molar-refractivity contribution in [1.29, 1.82) is 0 Å². The van der Waals surface area contributed by atoms with Crippen LogP contribution in [0.15, 0.2) is 36.8 Å². The zero-order chi connectivity index (χ0) is 15.5. The van der Waals surface area contributed by atoms with Gasteiger partial charge in [-0.25, -0.2) is 0 Å². The van der Waals surface area contributed by atoms with Crippen LogP contribution >= 0.6 is 11.6 Å². The summed E-state index contributed by atoms with van der Waals surface area (Å²) in [5.41, 5.74) is 3.24. The molecular formula is C16H17ClN4O. The first-order valence-corrected chi connectivity index (χ1v) is 7.51. The van der Waals surface area contributed by atoms with Gasteiger partial charge in [0.25, 0.3) is 0 Å². The largest absolute Gasteiger partial charge is 0.361 e. The average Bonchev–Trinajstić information content (AvgIpc) is 3.05. The molecule has 0 unspecified atom stereocenters. The number of hydrogen-bond acceptors (Lipinski definition) is 2. The van der Waals surface area contributed by atoms with Gasteiger partial charge in [0.2, 0.25) is 5.91 Å². The van der Waals surface area contributed by atoms with Gasteiger partial charge in [-0.3, -0.25) is 9.48 Å². The quantitative estimate of drug-likeness (QED) is 0.760. The highest BCUT2D eigenvalue weighted by Gasteiger charge is 2.06. The van der Waals surface area contributed by atoms with Crippen LogP contribution in [0, 0.1) is 6.92 Å². The van der Waals surface area contributed by atoms with Crippen molar-refractivity contribution in [2.45, 2.75) is 19.9 Å². The van der Waals surface area contributed by atoms with E-state index in [0.29, 0.717) is 11.6 Å². The third kappa shape index (κ3) is 3.31. The van der Waals surface area contributed by atoms with Crippen LogP contribution in [0.2, 0.25) is 5.02 Å². The van der Waals surface area contributed by atoms with Crippen molar-refractivity contribution in [2.75, 3.05) is 6.54 Å². The minimum Gasteiger partial charge on any atom is -0.361 e. The molecule has 0 saturated heterocycles. The summed E-state index contributed by atoms with van der Waals surface area (Å²) < 4.78 is 1.64. The number of fused-ring (bicyclic) bond motifs is 1. The normalized spacial score (nSPS) is 11.0. The third-order valence-electron chi connectivity index (χ3n) is 3.51. The molecule has 2 N–H and O–H groups in total. The number of rotatable bonds is 5. The van der Waals surface area contributed by atoms with Crippen molar-refractivity contribution in [3.05, 3.63) is 52.9 Å². The van der Waals surface area contributed by atoms with Crippen LogP contribution in [0.3, 0.4) is 0 Å². The molecule has 0 atom stereocenters. The van der Waals surface area contributed by atoms with E-state index in [0.717, 1.165) is 28.5 Å². The fraction of sp³-hybridized carbons (Fsp3) is 0.250. The van der Waals surface area contributed by atoms with Crippen LogP contribution in [-0.2, 0) is 17.8 Å². The molecule has 3 aromatic rings. The average molecular weight is 317 g/mol. The van der Waals surface area contributed by atoms with Crippen LogP contribution in [0.25, 0.3) is 10.9 Å². The Morgan fingerprint density at radius 3 is 3.09 bits per heavy atom. The molecule has 2 heterocycles. The lowest BCUT2D eigenvalue weighted by Crippen LogP contribution is -2.29. The van der Waals surface area contributed by atoms with Gasteiger partial charge in [0.15, 0.2) is 0 Å². The molecule has 0 spiro atoms. The van der Waals surface area contributed by atoms with Gasteiger partial charge in [-0.1, -0.05) is 11.6 Å². The standard InChI is InChI=1S/C16H17ClN4O/c1-11-7-20-21(9-11)10-16(22)18-5-4-12-8-19-15-3-2-13(17)6-14(12)15/h2-3,6-9,19H,4-5,10H2,1H3,(H,18,22). The second-order valence-corrected chi connectivity index (χ2v) is 5.76. The maximum atomic E-state index is 11.9. The van der Waals surface area contributed by atoms with Gasteiger partial charge in [-0.15, -0.1) is 0 Å². The lowest BCUT2D eigenvalue weighted by atomic mass is 10.1. The number of benzene rings is 1. The molecule has 1 amide bonds. The smallest absolute Gasteiger partial charge is 0.241 e. The predicted octanol–water partition coefficient (Wildman–Crippen LogP) is 2.69. The van der Waals surface area contributed by atoms with E-state index in [2.05, 4.69) is 15.4 Å². The molecule has 22 heavy (non-hydrogen) atoms. The number of hydrogen-bond donors (Lipinski definition) is 2. The highest BCUT2D eigenvalue weighted by molar-refractivity contribution is 6.31. The Hall–Kier alpha value is -2.27. The molecule has 3 rings (SSSR count). The molecule has 0 bridgehead atoms. The number of nitrogens with zero attached hydrogens (tertiary/aromatic N) is 2. The Morgan fingerprint density at radius 1 is 1.45 bits per heavy atom. The van der Waals surface area contributed by atoms with E-state index in [1.54, 1.807) is 10.9 Å². The zero-order valence-corrected chi connectivity index (χ0v) is 13.0. The monoisotopic (exact) mass is 316 g/mol. The minimum atomic E-state index is -0.0408. The molecule has 0 fully saturated rings. The number of amides is 1. The Bertz CT molecular complexity index is 805. The van der Waals surface area contributed by atoms with E-state index in [9.17, 15) is 4.79 Å². The van der Waals surface area contributed by atoms with Crippen molar-refractivity contribution in [3.63, 3.8) is 0 Å². The molecule has 5 nitrogen and oxygen atoms in total. The van der Waals surface area contributed by atoms with E-state index in [1.165, 1.54) is 0 Å². The van der Waals surface area contributed by atoms with Gasteiger partial charge in [0, 0.05) is 34.9 Å². The minimum absolute atomic E-state index is 0.0408. The summed E-state index contributed by atoms with van der Waals surface area (Å²) in [5.74, 6) is -0.0408. The van der Waals surface area contributed by atoms with Crippen molar-refractivity contribution in [2.24, 2.45) is 0 Å². The summed E-state index contributed by atoms with van der Waals surface area (Å²) >= 11 is 6.03. The number of carbonyl (C=O) groups excluding carboxylic acids is 1. The Kier molecular flexibility index (Phi) is 4.15. The molecular weight excluding hydrogens is 300 g/mol. The van der Waals surface area contributed by atoms with Crippen LogP contribution in [0.1, 0.15) is 11.1 Å². The van der Waals surface area contributed by atoms with E-state index in [1.807, 2.05) is 37.5 Å². The first-order chi connectivity index (χ1) is 10.6. The van der Waals surface area contributed by atoms with E-state index in [4.69, 9.17) is 11.6 Å². The Balaban J connectivity index is 1.55. The van der Waals surface area contributed by atoms with Gasteiger partial charge < -0.3 is 10.3 Å². The zero-order valence-electron chi connectivity index (χ0n) is 12.3. The molecule has 2 aromatic heterocycles. The number of nitrogens with one attached hydrogen (secondary N) is 2. The first kappa shape index (κ1) is 14.7. The summed E-state index contributed by atoms with van der Waals surface area (Å²) in [6, 6.07) is 5.76. The summed E-state index contributed by atoms with van der Waals surface area (Å²) in [5, 5.41) is 8.83. The van der Waals surface area contributed by atoms with E-state index in [-0.39, 0.29) is 12.5 Å². The maximum Gasteiger partial charge on any atom is 0.241 e. The van der Waals surface area contributed by atoms with Gasteiger partial charge >= 0.3 is 0 Å². The number of aromatic amines is 1. The maximum absolute atomic E-state index is 11.9. The summed E-state index contributed by atoms with van der Waals surface area (Å²) in [6.45, 7) is 2.77. The van der Waals surface area contributed by atoms with Gasteiger partial charge in [-0.05, 0) is 42.7 Å². The van der Waals surface area contributed by atoms with E-state index < -0.39 is 0 Å². The number of H-pyrrole nitrogens is 1. The van der Waals surface area contributed by atoms with Crippen molar-refractivity contribution < 1.29 is 4.79 Å². The molecule has 0 radical (unpaired) electrons. The summed E-state index contributed by atoms with van der Waals surface area (Å²) in [6.07, 6.45) is 6.30. The third-order valence-corrected chi connectivity index (χ3v) is 3.75. The Labute approximate surface area is 133 Å². The number of carbonyl (C=O) groups is 1. The molecule has 1 aromatic carbocycles. The highest BCUT2D eigenvalue weighted by Crippen LogP contribution is 2.22. The molecule has 0 aliphatic rings. The van der Waals surface area contributed by atoms with Gasteiger partial charge in [0.05, 0.1) is 6.20 Å². The summed E-state index contributed by atoms with van der Waals surface area (Å²) in [4.78, 5) is 15.1. The highest BCUT2D eigenvalue weighted by atomic mass is 35.5. The SMILES string of the molecule is Cc1cnn(CC(=O)NCCc2c[nH]c3ccc(Cl)cc23)c1. The van der Waals surface area contributed by atoms with Crippen LogP contribution in [-0.4, -0.2) is 27.2 Å². The number of aromatic nitrogens is 3. The predicted molar refractivity (Wildman–Crippen MR) is 87.0 cm³/mol. The molecule has 6 heteroatoms. The van der Waals surface area contributed by atoms with Crippen LogP contribution < -0.4 is 5.32 Å². The lowest BCUT2D eigenvalue weighted by molar-refractivity contribution is -0.121. The lowest BCUT2D eigenvalue weighted by Gasteiger charge is -2.05. The number of halogens is 1. The van der Waals surface area contributed by atoms with Crippen molar-refractivity contribution in [3.8, 4) is 0 Å².